The van der Waals surface area contributed by atoms with Crippen LogP contribution < -0.4 is 10.1 Å². The summed E-state index contributed by atoms with van der Waals surface area (Å²) in [5.41, 5.74) is 0.704. The first-order valence-electron chi connectivity index (χ1n) is 8.78. The van der Waals surface area contributed by atoms with E-state index in [4.69, 9.17) is 4.74 Å². The minimum absolute atomic E-state index is 0.194. The van der Waals surface area contributed by atoms with Gasteiger partial charge in [-0.2, -0.15) is 9.40 Å². The maximum Gasteiger partial charge on any atom is 0.243 e. The molecule has 0 unspecified atom stereocenters. The number of hydrogen-bond donors (Lipinski definition) is 1. The fourth-order valence-electron chi connectivity index (χ4n) is 3.14. The summed E-state index contributed by atoms with van der Waals surface area (Å²) in [4.78, 5) is 0.348. The zero-order valence-electron chi connectivity index (χ0n) is 15.1. The van der Waals surface area contributed by atoms with E-state index >= 15 is 0 Å². The van der Waals surface area contributed by atoms with Crippen LogP contribution in [0.25, 0.3) is 0 Å². The zero-order chi connectivity index (χ0) is 18.6. The van der Waals surface area contributed by atoms with Crippen LogP contribution in [0.5, 0.6) is 5.75 Å². The van der Waals surface area contributed by atoms with Gasteiger partial charge >= 0.3 is 0 Å². The summed E-state index contributed by atoms with van der Waals surface area (Å²) in [7, 11) is -3.50. The number of aromatic nitrogens is 2. The number of hydrogen-bond acceptors (Lipinski definition) is 6. The van der Waals surface area contributed by atoms with Crippen molar-refractivity contribution in [2.24, 2.45) is 0 Å². The van der Waals surface area contributed by atoms with E-state index in [2.05, 4.69) is 15.5 Å². The summed E-state index contributed by atoms with van der Waals surface area (Å²) < 4.78 is 33.0. The summed E-state index contributed by atoms with van der Waals surface area (Å²) in [5, 5.41) is 11.2. The van der Waals surface area contributed by atoms with E-state index in [-0.39, 0.29) is 6.04 Å². The van der Waals surface area contributed by atoms with Crippen molar-refractivity contribution in [1.29, 1.82) is 0 Å². The van der Waals surface area contributed by atoms with Crippen LogP contribution in [0.3, 0.4) is 0 Å². The number of aryl methyl sites for hydroxylation is 1. The smallest absolute Gasteiger partial charge is 0.243 e. The van der Waals surface area contributed by atoms with Crippen LogP contribution in [0, 0.1) is 6.92 Å². The lowest BCUT2D eigenvalue weighted by atomic mass is 10.1. The summed E-state index contributed by atoms with van der Waals surface area (Å²) in [5.74, 6) is 1.41. The minimum Gasteiger partial charge on any atom is -0.494 e. The monoisotopic (exact) mass is 376 g/mol. The van der Waals surface area contributed by atoms with Crippen LogP contribution >= 0.6 is 0 Å². The molecule has 0 saturated carbocycles. The Morgan fingerprint density at radius 3 is 2.65 bits per heavy atom. The Morgan fingerprint density at radius 2 is 2.04 bits per heavy atom. The summed E-state index contributed by atoms with van der Waals surface area (Å²) >= 11 is 0. The van der Waals surface area contributed by atoms with Crippen LogP contribution in [-0.4, -0.2) is 48.7 Å². The van der Waals surface area contributed by atoms with Gasteiger partial charge in [0.05, 0.1) is 11.5 Å². The Kier molecular flexibility index (Phi) is 5.73. The second-order valence-electron chi connectivity index (χ2n) is 6.29. The molecule has 1 aromatic carbocycles. The van der Waals surface area contributed by atoms with Crippen LogP contribution in [0.15, 0.2) is 41.4 Å². The van der Waals surface area contributed by atoms with Gasteiger partial charge in [0.15, 0.2) is 0 Å². The standard InChI is InChI=1S/C18H24N4O3S/c1-3-25-16-6-7-17(14(2)13-16)26(23,24)22-11-8-15(9-12-22)20-18-5-4-10-19-21-18/h4-7,10,13,15H,3,8-9,11-12H2,1-2H3,(H,20,21). The lowest BCUT2D eigenvalue weighted by molar-refractivity contribution is 0.328. The Bertz CT molecular complexity index is 835. The van der Waals surface area contributed by atoms with E-state index in [0.717, 1.165) is 18.7 Å². The average molecular weight is 376 g/mol. The van der Waals surface area contributed by atoms with E-state index in [1.807, 2.05) is 19.1 Å². The first-order chi connectivity index (χ1) is 12.5. The molecule has 1 aromatic heterocycles. The number of piperidine rings is 1. The largest absolute Gasteiger partial charge is 0.494 e. The molecule has 1 fully saturated rings. The number of sulfonamides is 1. The molecule has 0 bridgehead atoms. The Labute approximate surface area is 154 Å². The molecule has 26 heavy (non-hydrogen) atoms. The molecule has 140 valence electrons. The van der Waals surface area contributed by atoms with Gasteiger partial charge < -0.3 is 10.1 Å². The number of anilines is 1. The van der Waals surface area contributed by atoms with Crippen LogP contribution in [-0.2, 0) is 10.0 Å². The van der Waals surface area contributed by atoms with Gasteiger partial charge in [-0.1, -0.05) is 0 Å². The summed E-state index contributed by atoms with van der Waals surface area (Å²) in [6, 6.07) is 9.01. The lowest BCUT2D eigenvalue weighted by Gasteiger charge is -2.32. The molecular formula is C18H24N4O3S. The molecule has 0 atom stereocenters. The van der Waals surface area contributed by atoms with Crippen molar-refractivity contribution in [3.8, 4) is 5.75 Å². The number of benzene rings is 1. The maximum absolute atomic E-state index is 13.0. The second-order valence-corrected chi connectivity index (χ2v) is 8.20. The topological polar surface area (TPSA) is 84.4 Å². The number of nitrogens with one attached hydrogen (secondary N) is 1. The fourth-order valence-corrected chi connectivity index (χ4v) is 4.81. The number of rotatable bonds is 6. The molecule has 3 rings (SSSR count). The van der Waals surface area contributed by atoms with Crippen LogP contribution in [0.2, 0.25) is 0 Å². The average Bonchev–Trinajstić information content (AvgIpc) is 2.63. The maximum atomic E-state index is 13.0. The molecule has 0 radical (unpaired) electrons. The first kappa shape index (κ1) is 18.6. The summed E-state index contributed by atoms with van der Waals surface area (Å²) in [6.45, 7) is 5.22. The zero-order valence-corrected chi connectivity index (χ0v) is 15.9. The third-order valence-corrected chi connectivity index (χ3v) is 6.51. The highest BCUT2D eigenvalue weighted by Crippen LogP contribution is 2.27. The van der Waals surface area contributed by atoms with E-state index in [1.54, 1.807) is 35.6 Å². The van der Waals surface area contributed by atoms with Gasteiger partial charge in [0.25, 0.3) is 0 Å². The molecular weight excluding hydrogens is 352 g/mol. The molecule has 1 aliphatic rings. The third-order valence-electron chi connectivity index (χ3n) is 4.45. The number of nitrogens with zero attached hydrogens (tertiary/aromatic N) is 3. The highest BCUT2D eigenvalue weighted by molar-refractivity contribution is 7.89. The Balaban J connectivity index is 1.66. The highest BCUT2D eigenvalue weighted by atomic mass is 32.2. The molecule has 2 heterocycles. The lowest BCUT2D eigenvalue weighted by Crippen LogP contribution is -2.42. The molecule has 1 aliphatic heterocycles. The van der Waals surface area contributed by atoms with E-state index in [9.17, 15) is 8.42 Å². The molecule has 0 amide bonds. The fraction of sp³-hybridized carbons (Fsp3) is 0.444. The van der Waals surface area contributed by atoms with Crippen molar-refractivity contribution in [3.05, 3.63) is 42.1 Å². The Morgan fingerprint density at radius 1 is 1.27 bits per heavy atom. The number of ether oxygens (including phenoxy) is 1. The van der Waals surface area contributed by atoms with Crippen molar-refractivity contribution in [2.75, 3.05) is 25.0 Å². The van der Waals surface area contributed by atoms with Gasteiger partial charge in [0.1, 0.15) is 11.6 Å². The summed E-state index contributed by atoms with van der Waals surface area (Å²) in [6.07, 6.45) is 3.08. The molecule has 2 aromatic rings. The van der Waals surface area contributed by atoms with Crippen molar-refractivity contribution in [3.63, 3.8) is 0 Å². The van der Waals surface area contributed by atoms with Crippen molar-refractivity contribution in [2.45, 2.75) is 37.6 Å². The van der Waals surface area contributed by atoms with E-state index in [0.29, 0.717) is 35.9 Å². The normalized spacial score (nSPS) is 16.4. The van der Waals surface area contributed by atoms with Crippen LogP contribution in [0.1, 0.15) is 25.3 Å². The quantitative estimate of drug-likeness (QED) is 0.834. The van der Waals surface area contributed by atoms with Gasteiger partial charge in [-0.3, -0.25) is 0 Å². The molecule has 7 nitrogen and oxygen atoms in total. The van der Waals surface area contributed by atoms with Gasteiger partial charge in [0, 0.05) is 25.3 Å². The molecule has 0 aliphatic carbocycles. The van der Waals surface area contributed by atoms with Gasteiger partial charge in [-0.15, -0.1) is 5.10 Å². The van der Waals surface area contributed by atoms with Crippen molar-refractivity contribution < 1.29 is 13.2 Å². The van der Waals surface area contributed by atoms with Crippen LogP contribution in [0.4, 0.5) is 5.82 Å². The molecule has 8 heteroatoms. The predicted molar refractivity (Wildman–Crippen MR) is 99.8 cm³/mol. The highest BCUT2D eigenvalue weighted by Gasteiger charge is 2.30. The minimum atomic E-state index is -3.50. The van der Waals surface area contributed by atoms with Gasteiger partial charge in [0.2, 0.25) is 10.0 Å². The molecule has 1 saturated heterocycles. The first-order valence-corrected chi connectivity index (χ1v) is 10.2. The SMILES string of the molecule is CCOc1ccc(S(=O)(=O)N2CCC(Nc3cccnn3)CC2)c(C)c1. The van der Waals surface area contributed by atoms with Crippen molar-refractivity contribution >= 4 is 15.8 Å². The van der Waals surface area contributed by atoms with E-state index < -0.39 is 10.0 Å². The van der Waals surface area contributed by atoms with Crippen molar-refractivity contribution in [1.82, 2.24) is 14.5 Å². The van der Waals surface area contributed by atoms with E-state index in [1.165, 1.54) is 0 Å². The molecule has 0 spiro atoms. The van der Waals surface area contributed by atoms with Gasteiger partial charge in [-0.25, -0.2) is 8.42 Å². The second kappa shape index (κ2) is 8.01. The molecule has 1 N–H and O–H groups in total. The Hall–Kier alpha value is -2.19. The van der Waals surface area contributed by atoms with Gasteiger partial charge in [-0.05, 0) is 62.6 Å². The predicted octanol–water partition coefficient (Wildman–Crippen LogP) is 2.45. The third kappa shape index (κ3) is 4.13.